The summed E-state index contributed by atoms with van der Waals surface area (Å²) in [7, 11) is 0. The summed E-state index contributed by atoms with van der Waals surface area (Å²) < 4.78 is 0. The molecule has 0 unspecified atom stereocenters. The van der Waals surface area contributed by atoms with E-state index >= 15 is 0 Å². The Morgan fingerprint density at radius 3 is 2.82 bits per heavy atom. The molecule has 0 atom stereocenters. The SMILES string of the molecule is NCc1nc(C(=O)NCc2ccc(N3CCCC3)nc2)cs1. The number of rotatable bonds is 5. The highest BCUT2D eigenvalue weighted by molar-refractivity contribution is 7.09. The number of carbonyl (C=O) groups excluding carboxylic acids is 1. The summed E-state index contributed by atoms with van der Waals surface area (Å²) >= 11 is 1.40. The second kappa shape index (κ2) is 6.85. The molecule has 0 bridgehead atoms. The molecule has 3 N–H and O–H groups in total. The van der Waals surface area contributed by atoms with Gasteiger partial charge in [-0.1, -0.05) is 6.07 Å². The van der Waals surface area contributed by atoms with E-state index in [1.807, 2.05) is 18.3 Å². The van der Waals surface area contributed by atoms with Crippen molar-refractivity contribution in [2.45, 2.75) is 25.9 Å². The summed E-state index contributed by atoms with van der Waals surface area (Å²) in [4.78, 5) is 22.9. The van der Waals surface area contributed by atoms with Gasteiger partial charge in [0, 0.05) is 37.8 Å². The summed E-state index contributed by atoms with van der Waals surface area (Å²) in [5, 5.41) is 5.35. The van der Waals surface area contributed by atoms with Gasteiger partial charge in [-0.2, -0.15) is 0 Å². The molecule has 1 aliphatic rings. The standard InChI is InChI=1S/C15H19N5OS/c16-7-14-19-12(10-22-14)15(21)18-9-11-3-4-13(17-8-11)20-5-1-2-6-20/h3-4,8,10H,1-2,5-7,9,16H2,(H,18,21). The first-order chi connectivity index (χ1) is 10.8. The first-order valence-corrected chi connectivity index (χ1v) is 8.27. The first kappa shape index (κ1) is 14.9. The number of hydrogen-bond acceptors (Lipinski definition) is 6. The van der Waals surface area contributed by atoms with Crippen LogP contribution >= 0.6 is 11.3 Å². The number of nitrogens with two attached hydrogens (primary N) is 1. The summed E-state index contributed by atoms with van der Waals surface area (Å²) in [6.07, 6.45) is 4.29. The molecule has 0 saturated carbocycles. The molecule has 1 saturated heterocycles. The fourth-order valence-electron chi connectivity index (χ4n) is 2.44. The van der Waals surface area contributed by atoms with Crippen LogP contribution in [0.1, 0.15) is 33.9 Å². The molecule has 0 aliphatic carbocycles. The zero-order chi connectivity index (χ0) is 15.4. The van der Waals surface area contributed by atoms with Gasteiger partial charge < -0.3 is 16.0 Å². The molecule has 0 spiro atoms. The molecule has 3 heterocycles. The fourth-order valence-corrected chi connectivity index (χ4v) is 3.09. The summed E-state index contributed by atoms with van der Waals surface area (Å²) in [6.45, 7) is 2.97. The van der Waals surface area contributed by atoms with Crippen LogP contribution in [0.2, 0.25) is 0 Å². The third kappa shape index (κ3) is 3.42. The van der Waals surface area contributed by atoms with Crippen LogP contribution in [-0.2, 0) is 13.1 Å². The van der Waals surface area contributed by atoms with Gasteiger partial charge >= 0.3 is 0 Å². The maximum absolute atomic E-state index is 12.0. The van der Waals surface area contributed by atoms with Gasteiger partial charge in [0.1, 0.15) is 16.5 Å². The second-order valence-electron chi connectivity index (χ2n) is 5.23. The monoisotopic (exact) mass is 317 g/mol. The maximum atomic E-state index is 12.0. The third-order valence-corrected chi connectivity index (χ3v) is 4.52. The van der Waals surface area contributed by atoms with Crippen molar-refractivity contribution in [1.29, 1.82) is 0 Å². The van der Waals surface area contributed by atoms with E-state index < -0.39 is 0 Å². The molecule has 1 fully saturated rings. The number of carbonyl (C=O) groups is 1. The normalized spacial score (nSPS) is 14.3. The van der Waals surface area contributed by atoms with Crippen LogP contribution in [0.3, 0.4) is 0 Å². The molecule has 7 heteroatoms. The van der Waals surface area contributed by atoms with Crippen LogP contribution < -0.4 is 16.0 Å². The van der Waals surface area contributed by atoms with Crippen LogP contribution in [0, 0.1) is 0 Å². The molecule has 0 aromatic carbocycles. The van der Waals surface area contributed by atoms with Gasteiger partial charge in [-0.25, -0.2) is 9.97 Å². The van der Waals surface area contributed by atoms with Crippen LogP contribution in [0.25, 0.3) is 0 Å². The average molecular weight is 317 g/mol. The highest BCUT2D eigenvalue weighted by Gasteiger charge is 2.13. The minimum absolute atomic E-state index is 0.181. The van der Waals surface area contributed by atoms with Crippen LogP contribution in [-0.4, -0.2) is 29.0 Å². The van der Waals surface area contributed by atoms with Crippen molar-refractivity contribution in [3.63, 3.8) is 0 Å². The molecule has 3 rings (SSSR count). The Bertz CT molecular complexity index is 634. The van der Waals surface area contributed by atoms with Crippen molar-refractivity contribution in [2.24, 2.45) is 5.73 Å². The van der Waals surface area contributed by atoms with E-state index in [0.29, 0.717) is 18.8 Å². The van der Waals surface area contributed by atoms with E-state index in [1.165, 1.54) is 24.2 Å². The summed E-state index contributed by atoms with van der Waals surface area (Å²) in [5.74, 6) is 0.833. The Morgan fingerprint density at radius 1 is 1.36 bits per heavy atom. The predicted molar refractivity (Wildman–Crippen MR) is 86.9 cm³/mol. The van der Waals surface area contributed by atoms with Crippen LogP contribution in [0.15, 0.2) is 23.7 Å². The van der Waals surface area contributed by atoms with Crippen molar-refractivity contribution < 1.29 is 4.79 Å². The van der Waals surface area contributed by atoms with Crippen LogP contribution in [0.5, 0.6) is 0 Å². The van der Waals surface area contributed by atoms with Gasteiger partial charge in [-0.3, -0.25) is 4.79 Å². The van der Waals surface area contributed by atoms with E-state index in [1.54, 1.807) is 5.38 Å². The van der Waals surface area contributed by atoms with Gasteiger partial charge in [0.25, 0.3) is 5.91 Å². The Morgan fingerprint density at radius 2 is 2.18 bits per heavy atom. The molecule has 2 aromatic heterocycles. The Balaban J connectivity index is 1.55. The molecule has 1 aliphatic heterocycles. The lowest BCUT2D eigenvalue weighted by Crippen LogP contribution is -2.23. The molecular weight excluding hydrogens is 298 g/mol. The van der Waals surface area contributed by atoms with Gasteiger partial charge in [-0.05, 0) is 24.5 Å². The second-order valence-corrected chi connectivity index (χ2v) is 6.17. The van der Waals surface area contributed by atoms with E-state index in [2.05, 4.69) is 20.2 Å². The fraction of sp³-hybridized carbons (Fsp3) is 0.400. The molecule has 1 amide bonds. The molecule has 6 nitrogen and oxygen atoms in total. The van der Waals surface area contributed by atoms with Crippen molar-refractivity contribution in [3.8, 4) is 0 Å². The smallest absolute Gasteiger partial charge is 0.271 e. The van der Waals surface area contributed by atoms with E-state index in [-0.39, 0.29) is 5.91 Å². The minimum atomic E-state index is -0.181. The van der Waals surface area contributed by atoms with Crippen molar-refractivity contribution in [3.05, 3.63) is 40.0 Å². The lowest BCUT2D eigenvalue weighted by Gasteiger charge is -2.16. The highest BCUT2D eigenvalue weighted by Crippen LogP contribution is 2.17. The third-order valence-electron chi connectivity index (χ3n) is 3.65. The van der Waals surface area contributed by atoms with Crippen molar-refractivity contribution in [1.82, 2.24) is 15.3 Å². The number of amides is 1. The van der Waals surface area contributed by atoms with Gasteiger partial charge in [-0.15, -0.1) is 11.3 Å². The van der Waals surface area contributed by atoms with Crippen molar-refractivity contribution >= 4 is 23.1 Å². The number of nitrogens with one attached hydrogen (secondary N) is 1. The number of hydrogen-bond donors (Lipinski definition) is 2. The minimum Gasteiger partial charge on any atom is -0.357 e. The van der Waals surface area contributed by atoms with Crippen LogP contribution in [0.4, 0.5) is 5.82 Å². The molecular formula is C15H19N5OS. The van der Waals surface area contributed by atoms with E-state index in [9.17, 15) is 4.79 Å². The topological polar surface area (TPSA) is 84.1 Å². The first-order valence-electron chi connectivity index (χ1n) is 7.39. The lowest BCUT2D eigenvalue weighted by atomic mass is 10.2. The maximum Gasteiger partial charge on any atom is 0.271 e. The van der Waals surface area contributed by atoms with E-state index in [0.717, 1.165) is 29.5 Å². The van der Waals surface area contributed by atoms with Gasteiger partial charge in [0.15, 0.2) is 0 Å². The Hall–Kier alpha value is -1.99. The number of thiazole rings is 1. The number of nitrogens with zero attached hydrogens (tertiary/aromatic N) is 3. The number of aromatic nitrogens is 2. The zero-order valence-corrected chi connectivity index (χ0v) is 13.1. The Kier molecular flexibility index (Phi) is 4.65. The lowest BCUT2D eigenvalue weighted by molar-refractivity contribution is 0.0946. The number of pyridine rings is 1. The van der Waals surface area contributed by atoms with Gasteiger partial charge in [0.05, 0.1) is 0 Å². The molecule has 22 heavy (non-hydrogen) atoms. The highest BCUT2D eigenvalue weighted by atomic mass is 32.1. The average Bonchev–Trinajstić information content (AvgIpc) is 3.24. The Labute approximate surface area is 133 Å². The summed E-state index contributed by atoms with van der Waals surface area (Å²) in [5.41, 5.74) is 6.90. The molecule has 116 valence electrons. The molecule has 0 radical (unpaired) electrons. The van der Waals surface area contributed by atoms with E-state index in [4.69, 9.17) is 5.73 Å². The quantitative estimate of drug-likeness (QED) is 0.873. The van der Waals surface area contributed by atoms with Gasteiger partial charge in [0.2, 0.25) is 0 Å². The predicted octanol–water partition coefficient (Wildman–Crippen LogP) is 1.53. The number of anilines is 1. The largest absolute Gasteiger partial charge is 0.357 e. The van der Waals surface area contributed by atoms with Crippen molar-refractivity contribution in [2.75, 3.05) is 18.0 Å². The summed E-state index contributed by atoms with van der Waals surface area (Å²) in [6, 6.07) is 4.02. The molecule has 2 aromatic rings. The zero-order valence-electron chi connectivity index (χ0n) is 12.3.